The third kappa shape index (κ3) is 5.74. The monoisotopic (exact) mass is 433 g/mol. The molecule has 7 nitrogen and oxygen atoms in total. The van der Waals surface area contributed by atoms with Crippen LogP contribution in [0.1, 0.15) is 70.6 Å². The van der Waals surface area contributed by atoms with Gasteiger partial charge in [-0.3, -0.25) is 9.69 Å². The minimum Gasteiger partial charge on any atom is -0.481 e. The second-order valence-electron chi connectivity index (χ2n) is 9.01. The van der Waals surface area contributed by atoms with Crippen molar-refractivity contribution in [2.45, 2.75) is 77.5 Å². The van der Waals surface area contributed by atoms with Crippen molar-refractivity contribution in [3.8, 4) is 5.88 Å². The van der Waals surface area contributed by atoms with Crippen LogP contribution in [-0.2, 0) is 16.1 Å². The molecule has 0 aromatic carbocycles. The lowest BCUT2D eigenvalue weighted by Gasteiger charge is -2.28. The minimum atomic E-state index is -0.632. The van der Waals surface area contributed by atoms with E-state index in [-0.39, 0.29) is 12.5 Å². The number of likely N-dealkylation sites (tertiary alicyclic amines) is 1. The van der Waals surface area contributed by atoms with Crippen molar-refractivity contribution >= 4 is 17.6 Å². The number of allylic oxidation sites excluding steroid dienone is 2. The summed E-state index contributed by atoms with van der Waals surface area (Å²) in [5.41, 5.74) is 1.04. The number of nitrogens with one attached hydrogen (secondary N) is 1. The molecule has 1 aliphatic carbocycles. The van der Waals surface area contributed by atoms with Crippen molar-refractivity contribution in [3.63, 3.8) is 0 Å². The van der Waals surface area contributed by atoms with Crippen LogP contribution < -0.4 is 10.1 Å². The van der Waals surface area contributed by atoms with E-state index in [4.69, 9.17) is 9.47 Å². The van der Waals surface area contributed by atoms with Gasteiger partial charge in [-0.1, -0.05) is 6.08 Å². The van der Waals surface area contributed by atoms with E-state index in [0.29, 0.717) is 30.1 Å². The number of hydrogen-bond donors (Lipinski definition) is 1. The lowest BCUT2D eigenvalue weighted by atomic mass is 9.96. The fraction of sp³-hybridized carbons (Fsp3) is 0.609. The van der Waals surface area contributed by atoms with E-state index in [1.807, 2.05) is 6.08 Å². The smallest absolute Gasteiger partial charge is 0.410 e. The zero-order valence-electron chi connectivity index (χ0n) is 18.8. The summed E-state index contributed by atoms with van der Waals surface area (Å²) >= 11 is 0. The Morgan fingerprint density at radius 3 is 2.71 bits per heavy atom. The molecule has 0 radical (unpaired) electrons. The van der Waals surface area contributed by atoms with Gasteiger partial charge in [0.15, 0.2) is 0 Å². The SMILES string of the molecule is COc1nc(C2=CCCCC2)c(F)cc1CNC(=O)C1CCCN1C(=O)OC(C)(C)C. The van der Waals surface area contributed by atoms with E-state index in [0.717, 1.165) is 37.7 Å². The number of amides is 2. The number of ether oxygens (including phenoxy) is 2. The molecule has 2 amide bonds. The largest absolute Gasteiger partial charge is 0.481 e. The summed E-state index contributed by atoms with van der Waals surface area (Å²) in [5.74, 6) is -0.432. The molecule has 1 atom stereocenters. The molecule has 0 spiro atoms. The molecule has 0 bridgehead atoms. The molecule has 2 aliphatic rings. The van der Waals surface area contributed by atoms with Gasteiger partial charge >= 0.3 is 6.09 Å². The molecular formula is C23H32FN3O4. The molecule has 8 heteroatoms. The molecule has 170 valence electrons. The highest BCUT2D eigenvalue weighted by Crippen LogP contribution is 2.30. The van der Waals surface area contributed by atoms with E-state index in [9.17, 15) is 14.0 Å². The van der Waals surface area contributed by atoms with E-state index in [1.165, 1.54) is 18.1 Å². The predicted octanol–water partition coefficient (Wildman–Crippen LogP) is 4.20. The Balaban J connectivity index is 1.68. The Morgan fingerprint density at radius 1 is 1.29 bits per heavy atom. The van der Waals surface area contributed by atoms with Crippen LogP contribution in [-0.4, -0.2) is 47.2 Å². The topological polar surface area (TPSA) is 80.8 Å². The lowest BCUT2D eigenvalue weighted by molar-refractivity contribution is -0.125. The molecule has 1 N–H and O–H groups in total. The summed E-state index contributed by atoms with van der Waals surface area (Å²) in [7, 11) is 1.48. The average molecular weight is 434 g/mol. The molecule has 31 heavy (non-hydrogen) atoms. The Kier molecular flexibility index (Phi) is 7.18. The van der Waals surface area contributed by atoms with E-state index in [1.54, 1.807) is 20.8 Å². The molecule has 3 rings (SSSR count). The number of methoxy groups -OCH3 is 1. The van der Waals surface area contributed by atoms with Gasteiger partial charge in [0.25, 0.3) is 0 Å². The molecule has 1 unspecified atom stereocenters. The summed E-state index contributed by atoms with van der Waals surface area (Å²) < 4.78 is 25.5. The fourth-order valence-corrected chi connectivity index (χ4v) is 3.97. The molecule has 1 aliphatic heterocycles. The number of aromatic nitrogens is 1. The van der Waals surface area contributed by atoms with Gasteiger partial charge in [-0.25, -0.2) is 14.2 Å². The fourth-order valence-electron chi connectivity index (χ4n) is 3.97. The van der Waals surface area contributed by atoms with Crippen molar-refractivity contribution in [3.05, 3.63) is 29.2 Å². The van der Waals surface area contributed by atoms with E-state index < -0.39 is 23.6 Å². The van der Waals surface area contributed by atoms with E-state index in [2.05, 4.69) is 10.3 Å². The zero-order valence-corrected chi connectivity index (χ0v) is 18.8. The minimum absolute atomic E-state index is 0.0594. The number of rotatable bonds is 5. The quantitative estimate of drug-likeness (QED) is 0.753. The maximum atomic E-state index is 14.8. The van der Waals surface area contributed by atoms with Crippen molar-refractivity contribution in [1.82, 2.24) is 15.2 Å². The van der Waals surface area contributed by atoms with E-state index >= 15 is 0 Å². The summed E-state index contributed by atoms with van der Waals surface area (Å²) in [6, 6.07) is 0.766. The first-order valence-corrected chi connectivity index (χ1v) is 10.9. The highest BCUT2D eigenvalue weighted by molar-refractivity contribution is 5.86. The molecular weight excluding hydrogens is 401 g/mol. The lowest BCUT2D eigenvalue weighted by Crippen LogP contribution is -2.47. The van der Waals surface area contributed by atoms with Crippen LogP contribution in [0.25, 0.3) is 5.57 Å². The summed E-state index contributed by atoms with van der Waals surface area (Å²) in [6.45, 7) is 5.89. The Hall–Kier alpha value is -2.64. The van der Waals surface area contributed by atoms with Gasteiger partial charge in [-0.15, -0.1) is 0 Å². The zero-order chi connectivity index (χ0) is 22.6. The third-order valence-corrected chi connectivity index (χ3v) is 5.44. The number of carbonyl (C=O) groups excluding carboxylic acids is 2. The Labute approximate surface area is 183 Å². The van der Waals surface area contributed by atoms with Crippen molar-refractivity contribution in [2.24, 2.45) is 0 Å². The molecule has 1 aromatic heterocycles. The van der Waals surface area contributed by atoms with Gasteiger partial charge in [-0.2, -0.15) is 0 Å². The highest BCUT2D eigenvalue weighted by atomic mass is 19.1. The van der Waals surface area contributed by atoms with Crippen LogP contribution in [0.3, 0.4) is 0 Å². The molecule has 1 fully saturated rings. The maximum Gasteiger partial charge on any atom is 0.410 e. The number of hydrogen-bond acceptors (Lipinski definition) is 5. The number of carbonyl (C=O) groups is 2. The summed E-state index contributed by atoms with van der Waals surface area (Å²) in [5, 5.41) is 2.80. The van der Waals surface area contributed by atoms with Gasteiger partial charge < -0.3 is 14.8 Å². The summed E-state index contributed by atoms with van der Waals surface area (Å²) in [4.78, 5) is 31.0. The molecule has 0 saturated carbocycles. The van der Waals surface area contributed by atoms with Crippen molar-refractivity contribution in [2.75, 3.05) is 13.7 Å². The van der Waals surface area contributed by atoms with Gasteiger partial charge in [0, 0.05) is 18.7 Å². The molecule has 2 heterocycles. The first-order valence-electron chi connectivity index (χ1n) is 10.9. The third-order valence-electron chi connectivity index (χ3n) is 5.44. The van der Waals surface area contributed by atoms with Crippen LogP contribution in [0.2, 0.25) is 0 Å². The summed E-state index contributed by atoms with van der Waals surface area (Å²) in [6.07, 6.45) is 6.65. The van der Waals surface area contributed by atoms with Gasteiger partial charge in [-0.05, 0) is 70.9 Å². The highest BCUT2D eigenvalue weighted by Gasteiger charge is 2.36. The van der Waals surface area contributed by atoms with Crippen LogP contribution in [0.5, 0.6) is 5.88 Å². The predicted molar refractivity (Wildman–Crippen MR) is 115 cm³/mol. The maximum absolute atomic E-state index is 14.8. The normalized spacial score (nSPS) is 19.1. The standard InChI is InChI=1S/C23H32FN3O4/c1-23(2,3)31-22(29)27-12-8-11-18(27)20(28)25-14-16-13-17(24)19(26-21(16)30-4)15-9-6-5-7-10-15/h9,13,18H,5-8,10-12,14H2,1-4H3,(H,25,28). The average Bonchev–Trinajstić information content (AvgIpc) is 3.22. The Morgan fingerprint density at radius 2 is 2.06 bits per heavy atom. The van der Waals surface area contributed by atoms with Gasteiger partial charge in [0.2, 0.25) is 11.8 Å². The van der Waals surface area contributed by atoms with Gasteiger partial charge in [0.05, 0.1) is 7.11 Å². The van der Waals surface area contributed by atoms with Crippen LogP contribution in [0, 0.1) is 5.82 Å². The first-order chi connectivity index (χ1) is 14.7. The number of nitrogens with zero attached hydrogens (tertiary/aromatic N) is 2. The van der Waals surface area contributed by atoms with Crippen molar-refractivity contribution < 1.29 is 23.5 Å². The van der Waals surface area contributed by atoms with Crippen LogP contribution >= 0.6 is 0 Å². The van der Waals surface area contributed by atoms with Crippen LogP contribution in [0.15, 0.2) is 12.1 Å². The van der Waals surface area contributed by atoms with Crippen molar-refractivity contribution in [1.29, 1.82) is 0 Å². The number of halogens is 1. The second-order valence-corrected chi connectivity index (χ2v) is 9.01. The molecule has 1 saturated heterocycles. The molecule has 1 aromatic rings. The number of pyridine rings is 1. The van der Waals surface area contributed by atoms with Crippen LogP contribution in [0.4, 0.5) is 9.18 Å². The second kappa shape index (κ2) is 9.66. The van der Waals surface area contributed by atoms with Gasteiger partial charge in [0.1, 0.15) is 23.2 Å². The first kappa shape index (κ1) is 23.0. The Bertz CT molecular complexity index is 863.